The van der Waals surface area contributed by atoms with E-state index in [0.29, 0.717) is 21.4 Å². The van der Waals surface area contributed by atoms with Gasteiger partial charge < -0.3 is 10.5 Å². The third-order valence-electron chi connectivity index (χ3n) is 3.44. The van der Waals surface area contributed by atoms with Crippen molar-refractivity contribution in [2.75, 3.05) is 11.1 Å². The number of hydrogen-bond donors (Lipinski definition) is 3. The molecule has 0 radical (unpaired) electrons. The van der Waals surface area contributed by atoms with Gasteiger partial charge in [0.2, 0.25) is 0 Å². The average Bonchev–Trinajstić information content (AvgIpc) is 3.25. The van der Waals surface area contributed by atoms with E-state index < -0.39 is 11.7 Å². The van der Waals surface area contributed by atoms with Gasteiger partial charge in [-0.2, -0.15) is 0 Å². The first-order valence-electron chi connectivity index (χ1n) is 7.97. The van der Waals surface area contributed by atoms with Crippen molar-refractivity contribution in [1.29, 1.82) is 0 Å². The van der Waals surface area contributed by atoms with Crippen LogP contribution in [0.4, 0.5) is 16.2 Å². The lowest BCUT2D eigenvalue weighted by molar-refractivity contribution is 0.0636. The number of aromatic amines is 1. The lowest BCUT2D eigenvalue weighted by atomic mass is 10.2. The largest absolute Gasteiger partial charge is 0.444 e. The normalized spacial score (nSPS) is 14.4. The molecule has 8 nitrogen and oxygen atoms in total. The molecule has 2 aromatic rings. The summed E-state index contributed by atoms with van der Waals surface area (Å²) < 4.78 is 6.89. The van der Waals surface area contributed by atoms with Crippen LogP contribution in [0.5, 0.6) is 0 Å². The van der Waals surface area contributed by atoms with Crippen LogP contribution in [0.1, 0.15) is 39.7 Å². The number of nitrogens with zero attached hydrogens (tertiary/aromatic N) is 2. The highest BCUT2D eigenvalue weighted by molar-refractivity contribution is 7.99. The SMILES string of the molecule is CC(C)(C)OC(=O)Nc1ccc(N)c(Sc2n[nH]c(=O)n2C2CC2)c1. The van der Waals surface area contributed by atoms with Crippen LogP contribution < -0.4 is 16.7 Å². The molecular formula is C16H21N5O3S. The number of aromatic nitrogens is 3. The third kappa shape index (κ3) is 4.36. The maximum atomic E-state index is 11.9. The van der Waals surface area contributed by atoms with E-state index in [1.807, 2.05) is 0 Å². The Morgan fingerprint density at radius 1 is 1.44 bits per heavy atom. The Balaban J connectivity index is 1.78. The third-order valence-corrected chi connectivity index (χ3v) is 4.49. The summed E-state index contributed by atoms with van der Waals surface area (Å²) in [6.45, 7) is 5.39. The predicted molar refractivity (Wildman–Crippen MR) is 96.0 cm³/mol. The molecule has 1 amide bonds. The number of benzene rings is 1. The van der Waals surface area contributed by atoms with Gasteiger partial charge in [-0.3, -0.25) is 9.88 Å². The zero-order chi connectivity index (χ0) is 18.2. The molecule has 1 aromatic heterocycles. The predicted octanol–water partition coefficient (Wildman–Crippen LogP) is 2.99. The molecule has 1 saturated carbocycles. The van der Waals surface area contributed by atoms with Crippen molar-refractivity contribution in [3.05, 3.63) is 28.7 Å². The van der Waals surface area contributed by atoms with Crippen LogP contribution in [0, 0.1) is 0 Å². The van der Waals surface area contributed by atoms with E-state index in [2.05, 4.69) is 15.5 Å². The van der Waals surface area contributed by atoms with Gasteiger partial charge >= 0.3 is 11.8 Å². The van der Waals surface area contributed by atoms with Crippen LogP contribution in [0.2, 0.25) is 0 Å². The van der Waals surface area contributed by atoms with Gasteiger partial charge in [-0.15, -0.1) is 5.10 Å². The van der Waals surface area contributed by atoms with E-state index in [-0.39, 0.29) is 11.7 Å². The van der Waals surface area contributed by atoms with Crippen molar-refractivity contribution in [1.82, 2.24) is 14.8 Å². The van der Waals surface area contributed by atoms with E-state index in [0.717, 1.165) is 12.8 Å². The number of carbonyl (C=O) groups is 1. The van der Waals surface area contributed by atoms with Gasteiger partial charge in [-0.1, -0.05) is 0 Å². The number of amides is 1. The van der Waals surface area contributed by atoms with Crippen molar-refractivity contribution in [2.24, 2.45) is 0 Å². The highest BCUT2D eigenvalue weighted by Gasteiger charge is 2.29. The highest BCUT2D eigenvalue weighted by atomic mass is 32.2. The molecule has 0 aliphatic heterocycles. The lowest BCUT2D eigenvalue weighted by Crippen LogP contribution is -2.27. The summed E-state index contributed by atoms with van der Waals surface area (Å²) in [4.78, 5) is 24.5. The Kier molecular flexibility index (Phi) is 4.51. The minimum atomic E-state index is -0.579. The number of rotatable bonds is 4. The standard InChI is InChI=1S/C16H21N5O3S/c1-16(2,3)24-15(23)18-9-4-7-11(17)12(8-9)25-14-20-19-13(22)21(14)10-5-6-10/h4,7-8,10H,5-6,17H2,1-3H3,(H,18,23)(H,19,22). The molecule has 134 valence electrons. The molecule has 25 heavy (non-hydrogen) atoms. The van der Waals surface area contributed by atoms with Crippen molar-refractivity contribution < 1.29 is 9.53 Å². The first-order chi connectivity index (χ1) is 11.7. The number of carbonyl (C=O) groups excluding carboxylic acids is 1. The van der Waals surface area contributed by atoms with Crippen molar-refractivity contribution in [3.8, 4) is 0 Å². The zero-order valence-corrected chi connectivity index (χ0v) is 15.1. The first kappa shape index (κ1) is 17.4. The van der Waals surface area contributed by atoms with Crippen LogP contribution >= 0.6 is 11.8 Å². The summed E-state index contributed by atoms with van der Waals surface area (Å²) in [5, 5.41) is 9.79. The molecule has 9 heteroatoms. The summed E-state index contributed by atoms with van der Waals surface area (Å²) in [7, 11) is 0. The second-order valence-electron chi connectivity index (χ2n) is 6.89. The zero-order valence-electron chi connectivity index (χ0n) is 14.3. The number of nitrogen functional groups attached to an aromatic ring is 1. The fraction of sp³-hybridized carbons (Fsp3) is 0.438. The van der Waals surface area contributed by atoms with Gasteiger partial charge in [-0.05, 0) is 63.6 Å². The second-order valence-corrected chi connectivity index (χ2v) is 7.90. The van der Waals surface area contributed by atoms with Gasteiger partial charge in [0, 0.05) is 22.3 Å². The molecule has 1 heterocycles. The van der Waals surface area contributed by atoms with E-state index in [9.17, 15) is 9.59 Å². The lowest BCUT2D eigenvalue weighted by Gasteiger charge is -2.20. The Morgan fingerprint density at radius 2 is 2.16 bits per heavy atom. The summed E-state index contributed by atoms with van der Waals surface area (Å²) in [5.74, 6) is 0. The van der Waals surface area contributed by atoms with Crippen LogP contribution in [-0.2, 0) is 4.74 Å². The minimum absolute atomic E-state index is 0.207. The average molecular weight is 363 g/mol. The molecule has 1 aromatic carbocycles. The maximum absolute atomic E-state index is 11.9. The Morgan fingerprint density at radius 3 is 2.80 bits per heavy atom. The van der Waals surface area contributed by atoms with E-state index in [4.69, 9.17) is 10.5 Å². The molecular weight excluding hydrogens is 342 g/mol. The minimum Gasteiger partial charge on any atom is -0.444 e. The van der Waals surface area contributed by atoms with Gasteiger partial charge in [0.05, 0.1) is 0 Å². The van der Waals surface area contributed by atoms with Crippen molar-refractivity contribution in [2.45, 2.75) is 55.3 Å². The van der Waals surface area contributed by atoms with E-state index in [1.54, 1.807) is 43.5 Å². The number of H-pyrrole nitrogens is 1. The monoisotopic (exact) mass is 363 g/mol. The van der Waals surface area contributed by atoms with Gasteiger partial charge in [0.1, 0.15) is 5.60 Å². The summed E-state index contributed by atoms with van der Waals surface area (Å²) >= 11 is 1.29. The van der Waals surface area contributed by atoms with Crippen LogP contribution in [0.3, 0.4) is 0 Å². The fourth-order valence-electron chi connectivity index (χ4n) is 2.24. The molecule has 4 N–H and O–H groups in total. The van der Waals surface area contributed by atoms with E-state index >= 15 is 0 Å². The summed E-state index contributed by atoms with van der Waals surface area (Å²) in [6, 6.07) is 5.33. The second kappa shape index (κ2) is 6.47. The quantitative estimate of drug-likeness (QED) is 0.719. The van der Waals surface area contributed by atoms with Crippen molar-refractivity contribution >= 4 is 29.2 Å². The number of hydrogen-bond acceptors (Lipinski definition) is 6. The first-order valence-corrected chi connectivity index (χ1v) is 8.79. The Hall–Kier alpha value is -2.42. The molecule has 1 fully saturated rings. The Labute approximate surface area is 149 Å². The molecule has 0 atom stereocenters. The number of nitrogens with two attached hydrogens (primary N) is 1. The topological polar surface area (TPSA) is 115 Å². The van der Waals surface area contributed by atoms with Crippen LogP contribution in [-0.4, -0.2) is 26.5 Å². The summed E-state index contributed by atoms with van der Waals surface area (Å²) in [6.07, 6.45) is 1.41. The molecule has 0 saturated heterocycles. The molecule has 0 unspecified atom stereocenters. The Bertz CT molecular complexity index is 848. The van der Waals surface area contributed by atoms with E-state index in [1.165, 1.54) is 11.8 Å². The fourth-order valence-corrected chi connectivity index (χ4v) is 3.23. The number of ether oxygens (including phenoxy) is 1. The molecule has 1 aliphatic carbocycles. The van der Waals surface area contributed by atoms with Gasteiger partial charge in [0.15, 0.2) is 5.16 Å². The molecule has 1 aliphatic rings. The number of nitrogens with one attached hydrogen (secondary N) is 2. The molecule has 3 rings (SSSR count). The number of anilines is 2. The highest BCUT2D eigenvalue weighted by Crippen LogP contribution is 2.39. The van der Waals surface area contributed by atoms with Crippen molar-refractivity contribution in [3.63, 3.8) is 0 Å². The molecule has 0 spiro atoms. The van der Waals surface area contributed by atoms with Gasteiger partial charge in [-0.25, -0.2) is 14.7 Å². The maximum Gasteiger partial charge on any atom is 0.412 e. The summed E-state index contributed by atoms with van der Waals surface area (Å²) in [5.41, 5.74) is 6.33. The van der Waals surface area contributed by atoms with Crippen LogP contribution in [0.15, 0.2) is 33.0 Å². The molecule has 0 bridgehead atoms. The smallest absolute Gasteiger partial charge is 0.412 e. The van der Waals surface area contributed by atoms with Crippen LogP contribution in [0.25, 0.3) is 0 Å². The van der Waals surface area contributed by atoms with Gasteiger partial charge in [0.25, 0.3) is 0 Å².